The summed E-state index contributed by atoms with van der Waals surface area (Å²) in [6, 6.07) is 1.68. The molecule has 1 fully saturated rings. The lowest BCUT2D eigenvalue weighted by molar-refractivity contribution is 0.0838. The van der Waals surface area contributed by atoms with Crippen LogP contribution in [0.2, 0.25) is 0 Å². The van der Waals surface area contributed by atoms with Crippen LogP contribution >= 0.6 is 7.60 Å². The molecule has 0 aromatic carbocycles. The second kappa shape index (κ2) is 8.22. The molecule has 20 heavy (non-hydrogen) atoms. The van der Waals surface area contributed by atoms with Gasteiger partial charge in [-0.3, -0.25) is 4.57 Å². The van der Waals surface area contributed by atoms with E-state index in [1.54, 1.807) is 19.9 Å². The summed E-state index contributed by atoms with van der Waals surface area (Å²) in [7, 11) is -3.78. The Morgan fingerprint density at radius 1 is 1.35 bits per heavy atom. The molecule has 1 atom stereocenters. The summed E-state index contributed by atoms with van der Waals surface area (Å²) in [4.78, 5) is 13.4. The number of amides is 1. The average Bonchev–Trinajstić information content (AvgIpc) is 2.45. The summed E-state index contributed by atoms with van der Waals surface area (Å²) >= 11 is 0. The maximum absolute atomic E-state index is 12.4. The smallest absolute Gasteiger partial charge is 0.411 e. The normalized spacial score (nSPS) is 17.4. The van der Waals surface area contributed by atoms with E-state index < -0.39 is 19.5 Å². The maximum atomic E-state index is 12.4. The van der Waals surface area contributed by atoms with Gasteiger partial charge in [0.15, 0.2) is 0 Å². The highest BCUT2D eigenvalue weighted by Gasteiger charge is 2.40. The van der Waals surface area contributed by atoms with Crippen LogP contribution in [0.15, 0.2) is 0 Å². The number of nitrogens with zero attached hydrogens (tertiary/aromatic N) is 2. The van der Waals surface area contributed by atoms with Gasteiger partial charge in [0.25, 0.3) is 5.85 Å². The zero-order valence-corrected chi connectivity index (χ0v) is 12.6. The predicted molar refractivity (Wildman–Crippen MR) is 71.2 cm³/mol. The second-order valence-corrected chi connectivity index (χ2v) is 6.04. The molecule has 0 bridgehead atoms. The third-order valence-electron chi connectivity index (χ3n) is 2.60. The fourth-order valence-corrected chi connectivity index (χ4v) is 3.14. The van der Waals surface area contributed by atoms with Crippen molar-refractivity contribution in [3.05, 3.63) is 0 Å². The Bertz CT molecular complexity index is 395. The van der Waals surface area contributed by atoms with Crippen molar-refractivity contribution < 1.29 is 23.1 Å². The molecule has 1 aliphatic rings. The number of nitrogens with one attached hydrogen (secondary N) is 1. The third kappa shape index (κ3) is 4.46. The van der Waals surface area contributed by atoms with Crippen molar-refractivity contribution in [1.82, 2.24) is 10.2 Å². The van der Waals surface area contributed by atoms with Gasteiger partial charge in [0, 0.05) is 26.2 Å². The van der Waals surface area contributed by atoms with Crippen LogP contribution in [0, 0.1) is 11.3 Å². The standard InChI is InChI=1S/C11H20N3O5P/c1-3-17-20(16,18-4-2)10(9-12)19-11(15)14-7-5-13-6-8-14/h10,13H,3-8H2,1-2H3. The molecule has 1 N–H and O–H groups in total. The first-order valence-corrected chi connectivity index (χ1v) is 8.13. The van der Waals surface area contributed by atoms with Crippen LogP contribution in [0.3, 0.4) is 0 Å². The zero-order chi connectivity index (χ0) is 15.0. The quantitative estimate of drug-likeness (QED) is 0.734. The summed E-state index contributed by atoms with van der Waals surface area (Å²) in [6.45, 7) is 5.70. The fourth-order valence-electron chi connectivity index (χ4n) is 1.71. The van der Waals surface area contributed by atoms with Gasteiger partial charge in [0.05, 0.1) is 13.2 Å². The van der Waals surface area contributed by atoms with Gasteiger partial charge in [-0.15, -0.1) is 0 Å². The molecule has 1 rings (SSSR count). The highest BCUT2D eigenvalue weighted by atomic mass is 31.2. The fraction of sp³-hybridized carbons (Fsp3) is 0.818. The lowest BCUT2D eigenvalue weighted by Gasteiger charge is -2.28. The Labute approximate surface area is 118 Å². The molecule has 0 aromatic rings. The van der Waals surface area contributed by atoms with Crippen LogP contribution in [0.25, 0.3) is 0 Å². The van der Waals surface area contributed by atoms with E-state index in [2.05, 4.69) is 5.32 Å². The molecule has 114 valence electrons. The first-order chi connectivity index (χ1) is 9.57. The lowest BCUT2D eigenvalue weighted by Crippen LogP contribution is -2.47. The third-order valence-corrected chi connectivity index (χ3v) is 4.63. The molecule has 1 unspecified atom stereocenters. The minimum atomic E-state index is -3.78. The van der Waals surface area contributed by atoms with Crippen molar-refractivity contribution in [2.45, 2.75) is 19.7 Å². The van der Waals surface area contributed by atoms with Crippen molar-refractivity contribution >= 4 is 13.7 Å². The van der Waals surface area contributed by atoms with Gasteiger partial charge in [-0.1, -0.05) is 0 Å². The Kier molecular flexibility index (Phi) is 6.96. The lowest BCUT2D eigenvalue weighted by atomic mass is 10.4. The summed E-state index contributed by atoms with van der Waals surface area (Å²) in [5.41, 5.74) is 0. The molecule has 1 saturated heterocycles. The molecular weight excluding hydrogens is 285 g/mol. The number of nitriles is 1. The van der Waals surface area contributed by atoms with E-state index in [1.165, 1.54) is 4.90 Å². The molecule has 9 heteroatoms. The highest BCUT2D eigenvalue weighted by Crippen LogP contribution is 2.53. The van der Waals surface area contributed by atoms with Crippen LogP contribution in [-0.2, 0) is 18.3 Å². The van der Waals surface area contributed by atoms with Crippen LogP contribution in [0.1, 0.15) is 13.8 Å². The maximum Gasteiger partial charge on any atom is 0.411 e. The predicted octanol–water partition coefficient (Wildman–Crippen LogP) is 1.14. The Morgan fingerprint density at radius 3 is 2.35 bits per heavy atom. The van der Waals surface area contributed by atoms with E-state index in [4.69, 9.17) is 19.0 Å². The van der Waals surface area contributed by atoms with Crippen LogP contribution < -0.4 is 5.32 Å². The number of piperazine rings is 1. The van der Waals surface area contributed by atoms with E-state index in [0.717, 1.165) is 0 Å². The first kappa shape index (κ1) is 16.9. The topological polar surface area (TPSA) is 101 Å². The largest absolute Gasteiger partial charge is 0.417 e. The molecule has 1 amide bonds. The van der Waals surface area contributed by atoms with E-state index in [9.17, 15) is 9.36 Å². The Morgan fingerprint density at radius 2 is 1.90 bits per heavy atom. The molecule has 1 aliphatic heterocycles. The van der Waals surface area contributed by atoms with Gasteiger partial charge >= 0.3 is 13.7 Å². The summed E-state index contributed by atoms with van der Waals surface area (Å²) in [5.74, 6) is -1.55. The van der Waals surface area contributed by atoms with Gasteiger partial charge in [-0.05, 0) is 13.8 Å². The van der Waals surface area contributed by atoms with Crippen molar-refractivity contribution in [2.75, 3.05) is 39.4 Å². The van der Waals surface area contributed by atoms with Crippen LogP contribution in [0.4, 0.5) is 4.79 Å². The summed E-state index contributed by atoms with van der Waals surface area (Å²) in [6.07, 6.45) is -0.683. The Balaban J connectivity index is 2.71. The number of rotatable bonds is 6. The molecule has 0 saturated carbocycles. The van der Waals surface area contributed by atoms with Gasteiger partial charge in [-0.2, -0.15) is 5.26 Å². The van der Waals surface area contributed by atoms with Gasteiger partial charge in [0.2, 0.25) is 0 Å². The minimum Gasteiger partial charge on any atom is -0.417 e. The number of carbonyl (C=O) groups is 1. The number of ether oxygens (including phenoxy) is 1. The zero-order valence-electron chi connectivity index (χ0n) is 11.7. The number of carbonyl (C=O) groups excluding carboxylic acids is 1. The van der Waals surface area contributed by atoms with Gasteiger partial charge in [-0.25, -0.2) is 4.79 Å². The number of hydrogen-bond acceptors (Lipinski definition) is 7. The molecular formula is C11H20N3O5P. The summed E-state index contributed by atoms with van der Waals surface area (Å²) < 4.78 is 27.4. The second-order valence-electron chi connectivity index (χ2n) is 3.98. The Hall–Kier alpha value is -1.13. The minimum absolute atomic E-state index is 0.0979. The average molecular weight is 305 g/mol. The van der Waals surface area contributed by atoms with E-state index in [1.807, 2.05) is 0 Å². The monoisotopic (exact) mass is 305 g/mol. The van der Waals surface area contributed by atoms with E-state index >= 15 is 0 Å². The van der Waals surface area contributed by atoms with Gasteiger partial charge in [0.1, 0.15) is 6.07 Å². The number of hydrogen-bond donors (Lipinski definition) is 1. The van der Waals surface area contributed by atoms with E-state index in [-0.39, 0.29) is 13.2 Å². The van der Waals surface area contributed by atoms with Crippen molar-refractivity contribution in [3.63, 3.8) is 0 Å². The highest BCUT2D eigenvalue weighted by molar-refractivity contribution is 7.54. The van der Waals surface area contributed by atoms with Crippen molar-refractivity contribution in [2.24, 2.45) is 0 Å². The van der Waals surface area contributed by atoms with Crippen LogP contribution in [0.5, 0.6) is 0 Å². The molecule has 0 radical (unpaired) electrons. The molecule has 0 spiro atoms. The SMILES string of the molecule is CCOP(=O)(OCC)C(C#N)OC(=O)N1CCNCC1. The van der Waals surface area contributed by atoms with Crippen molar-refractivity contribution in [1.29, 1.82) is 5.26 Å². The molecule has 1 heterocycles. The van der Waals surface area contributed by atoms with Crippen LogP contribution in [-0.4, -0.2) is 56.2 Å². The van der Waals surface area contributed by atoms with Crippen molar-refractivity contribution in [3.8, 4) is 6.07 Å². The van der Waals surface area contributed by atoms with Gasteiger partial charge < -0.3 is 24.0 Å². The molecule has 8 nitrogen and oxygen atoms in total. The molecule has 0 aliphatic carbocycles. The first-order valence-electron chi connectivity index (χ1n) is 6.52. The van der Waals surface area contributed by atoms with E-state index in [0.29, 0.717) is 26.2 Å². The summed E-state index contributed by atoms with van der Waals surface area (Å²) in [5, 5.41) is 12.2. The molecule has 0 aromatic heterocycles.